The predicted molar refractivity (Wildman–Crippen MR) is 59.1 cm³/mol. The second-order valence-electron chi connectivity index (χ2n) is 3.87. The minimum atomic E-state index is -0.266. The van der Waals surface area contributed by atoms with Gasteiger partial charge in [-0.1, -0.05) is 12.8 Å². The van der Waals surface area contributed by atoms with Gasteiger partial charge in [-0.25, -0.2) is 4.39 Å². The summed E-state index contributed by atoms with van der Waals surface area (Å²) in [5.74, 6) is -0.225. The number of hydrogen-bond acceptors (Lipinski definition) is 2. The molecule has 1 saturated carbocycles. The average molecular weight is 221 g/mol. The van der Waals surface area contributed by atoms with Crippen LogP contribution < -0.4 is 0 Å². The maximum Gasteiger partial charge on any atom is 0.123 e. The summed E-state index contributed by atoms with van der Waals surface area (Å²) in [6.07, 6.45) is 4.15. The maximum atomic E-state index is 12.7. The summed E-state index contributed by atoms with van der Waals surface area (Å²) in [4.78, 5) is 0.986. The molecule has 0 heterocycles. The SMILES string of the molecule is N#CC1(Sc2ccc(F)cc2)CCCC1. The summed E-state index contributed by atoms with van der Waals surface area (Å²) >= 11 is 1.58. The van der Waals surface area contributed by atoms with E-state index in [1.807, 2.05) is 0 Å². The van der Waals surface area contributed by atoms with Crippen LogP contribution in [0.1, 0.15) is 25.7 Å². The Labute approximate surface area is 93.3 Å². The van der Waals surface area contributed by atoms with Crippen molar-refractivity contribution in [2.75, 3.05) is 0 Å². The molecule has 3 heteroatoms. The molecule has 0 unspecified atom stereocenters. The van der Waals surface area contributed by atoms with Crippen molar-refractivity contribution in [2.24, 2.45) is 0 Å². The monoisotopic (exact) mass is 221 g/mol. The molecule has 1 aliphatic rings. The first-order valence-corrected chi connectivity index (χ1v) is 5.92. The van der Waals surface area contributed by atoms with Crippen LogP contribution in [0.4, 0.5) is 4.39 Å². The van der Waals surface area contributed by atoms with Gasteiger partial charge in [0.2, 0.25) is 0 Å². The summed E-state index contributed by atoms with van der Waals surface area (Å²) in [5, 5.41) is 9.19. The lowest BCUT2D eigenvalue weighted by molar-refractivity contribution is 0.626. The zero-order valence-electron chi connectivity index (χ0n) is 8.37. The van der Waals surface area contributed by atoms with Crippen molar-refractivity contribution in [1.29, 1.82) is 5.26 Å². The number of nitriles is 1. The van der Waals surface area contributed by atoms with Crippen LogP contribution in [0, 0.1) is 17.1 Å². The second kappa shape index (κ2) is 4.24. The minimum absolute atomic E-state index is 0.225. The van der Waals surface area contributed by atoms with Crippen LogP contribution in [0.25, 0.3) is 0 Å². The molecule has 15 heavy (non-hydrogen) atoms. The van der Waals surface area contributed by atoms with Gasteiger partial charge in [0.15, 0.2) is 0 Å². The maximum absolute atomic E-state index is 12.7. The number of thioether (sulfide) groups is 1. The quantitative estimate of drug-likeness (QED) is 0.759. The number of hydrogen-bond donors (Lipinski definition) is 0. The van der Waals surface area contributed by atoms with E-state index < -0.39 is 0 Å². The normalized spacial score (nSPS) is 18.7. The molecule has 1 fully saturated rings. The number of rotatable bonds is 2. The molecule has 0 atom stereocenters. The van der Waals surface area contributed by atoms with E-state index in [0.717, 1.165) is 30.6 Å². The number of benzene rings is 1. The topological polar surface area (TPSA) is 23.8 Å². The van der Waals surface area contributed by atoms with Crippen LogP contribution in [0.15, 0.2) is 29.2 Å². The van der Waals surface area contributed by atoms with Gasteiger partial charge in [-0.05, 0) is 37.1 Å². The van der Waals surface area contributed by atoms with Crippen molar-refractivity contribution >= 4 is 11.8 Å². The minimum Gasteiger partial charge on any atom is -0.207 e. The fraction of sp³-hybridized carbons (Fsp3) is 0.417. The molecule has 0 N–H and O–H groups in total. The van der Waals surface area contributed by atoms with Crippen molar-refractivity contribution in [3.05, 3.63) is 30.1 Å². The lowest BCUT2D eigenvalue weighted by Gasteiger charge is -2.18. The molecule has 2 rings (SSSR count). The number of nitrogens with zero attached hydrogens (tertiary/aromatic N) is 1. The van der Waals surface area contributed by atoms with E-state index in [-0.39, 0.29) is 10.6 Å². The lowest BCUT2D eigenvalue weighted by Crippen LogP contribution is -2.16. The van der Waals surface area contributed by atoms with Gasteiger partial charge in [-0.2, -0.15) is 5.26 Å². The smallest absolute Gasteiger partial charge is 0.123 e. The zero-order chi connectivity index (χ0) is 10.7. The largest absolute Gasteiger partial charge is 0.207 e. The summed E-state index contributed by atoms with van der Waals surface area (Å²) < 4.78 is 12.4. The van der Waals surface area contributed by atoms with E-state index in [9.17, 15) is 9.65 Å². The van der Waals surface area contributed by atoms with Crippen LogP contribution in [0.5, 0.6) is 0 Å². The van der Waals surface area contributed by atoms with E-state index in [1.165, 1.54) is 12.1 Å². The Bertz CT molecular complexity index is 374. The van der Waals surface area contributed by atoms with Crippen molar-refractivity contribution in [1.82, 2.24) is 0 Å². The third-order valence-corrected chi connectivity index (χ3v) is 4.14. The first kappa shape index (κ1) is 10.5. The van der Waals surface area contributed by atoms with Crippen molar-refractivity contribution in [2.45, 2.75) is 35.3 Å². The Morgan fingerprint density at radius 3 is 2.33 bits per heavy atom. The molecule has 0 spiro atoms. The molecule has 1 aromatic carbocycles. The van der Waals surface area contributed by atoms with Crippen LogP contribution >= 0.6 is 11.8 Å². The highest BCUT2D eigenvalue weighted by Gasteiger charge is 2.34. The van der Waals surface area contributed by atoms with Crippen LogP contribution in [-0.2, 0) is 0 Å². The van der Waals surface area contributed by atoms with E-state index >= 15 is 0 Å². The lowest BCUT2D eigenvalue weighted by atomic mass is 10.1. The Hall–Kier alpha value is -1.01. The predicted octanol–water partition coefficient (Wildman–Crippen LogP) is 3.75. The van der Waals surface area contributed by atoms with Crippen molar-refractivity contribution in [3.8, 4) is 6.07 Å². The highest BCUT2D eigenvalue weighted by molar-refractivity contribution is 8.01. The molecule has 0 aliphatic heterocycles. The fourth-order valence-corrected chi connectivity index (χ4v) is 3.17. The molecule has 78 valence electrons. The Balaban J connectivity index is 2.14. The van der Waals surface area contributed by atoms with Gasteiger partial charge in [0, 0.05) is 4.90 Å². The third-order valence-electron chi connectivity index (χ3n) is 2.74. The van der Waals surface area contributed by atoms with Gasteiger partial charge in [0.05, 0.1) is 6.07 Å². The second-order valence-corrected chi connectivity index (χ2v) is 5.33. The highest BCUT2D eigenvalue weighted by Crippen LogP contribution is 2.44. The third kappa shape index (κ3) is 2.32. The summed E-state index contributed by atoms with van der Waals surface area (Å²) in [5.41, 5.74) is 0. The molecule has 0 saturated heterocycles. The molecular formula is C12H12FNS. The Morgan fingerprint density at radius 2 is 1.80 bits per heavy atom. The van der Waals surface area contributed by atoms with Crippen molar-refractivity contribution < 1.29 is 4.39 Å². The molecule has 0 amide bonds. The molecule has 1 aromatic rings. The van der Waals surface area contributed by atoms with Gasteiger partial charge in [0.1, 0.15) is 10.6 Å². The van der Waals surface area contributed by atoms with E-state index in [1.54, 1.807) is 23.9 Å². The van der Waals surface area contributed by atoms with Crippen LogP contribution in [0.3, 0.4) is 0 Å². The molecule has 0 bridgehead atoms. The summed E-state index contributed by atoms with van der Waals surface area (Å²) in [6.45, 7) is 0. The Kier molecular flexibility index (Phi) is 2.97. The van der Waals surface area contributed by atoms with Gasteiger partial charge >= 0.3 is 0 Å². The summed E-state index contributed by atoms with van der Waals surface area (Å²) in [7, 11) is 0. The first-order chi connectivity index (χ1) is 7.24. The van der Waals surface area contributed by atoms with Crippen LogP contribution in [0.2, 0.25) is 0 Å². The standard InChI is InChI=1S/C12H12FNS/c13-10-3-5-11(6-4-10)15-12(9-14)7-1-2-8-12/h3-6H,1-2,7-8H2. The fourth-order valence-electron chi connectivity index (χ4n) is 1.91. The molecule has 1 nitrogen and oxygen atoms in total. The first-order valence-electron chi connectivity index (χ1n) is 5.10. The van der Waals surface area contributed by atoms with E-state index in [0.29, 0.717) is 0 Å². The van der Waals surface area contributed by atoms with E-state index in [2.05, 4.69) is 6.07 Å². The molecule has 0 radical (unpaired) electrons. The van der Waals surface area contributed by atoms with E-state index in [4.69, 9.17) is 0 Å². The van der Waals surface area contributed by atoms with Crippen LogP contribution in [-0.4, -0.2) is 4.75 Å². The zero-order valence-corrected chi connectivity index (χ0v) is 9.19. The molecule has 1 aliphatic carbocycles. The van der Waals surface area contributed by atoms with Gasteiger partial charge in [-0.3, -0.25) is 0 Å². The van der Waals surface area contributed by atoms with Gasteiger partial charge < -0.3 is 0 Å². The molecular weight excluding hydrogens is 209 g/mol. The summed E-state index contributed by atoms with van der Waals surface area (Å²) in [6, 6.07) is 8.80. The van der Waals surface area contributed by atoms with Gasteiger partial charge in [-0.15, -0.1) is 11.8 Å². The average Bonchev–Trinajstić information content (AvgIpc) is 2.71. The number of halogens is 1. The van der Waals surface area contributed by atoms with Crippen molar-refractivity contribution in [3.63, 3.8) is 0 Å². The Morgan fingerprint density at radius 1 is 1.20 bits per heavy atom. The highest BCUT2D eigenvalue weighted by atomic mass is 32.2. The molecule has 0 aromatic heterocycles. The van der Waals surface area contributed by atoms with Gasteiger partial charge in [0.25, 0.3) is 0 Å².